The molecule has 1 fully saturated rings. The van der Waals surface area contributed by atoms with Crippen LogP contribution in [0.4, 0.5) is 0 Å². The summed E-state index contributed by atoms with van der Waals surface area (Å²) < 4.78 is 6.66. The van der Waals surface area contributed by atoms with Gasteiger partial charge < -0.3 is 4.74 Å². The molecule has 144 valence electrons. The minimum absolute atomic E-state index is 0.557. The largest absolute Gasteiger partial charge is 0.382 e. The molecule has 1 nitrogen and oxygen atoms in total. The van der Waals surface area contributed by atoms with Crippen LogP contribution < -0.4 is 0 Å². The summed E-state index contributed by atoms with van der Waals surface area (Å²) in [4.78, 5) is 0. The summed E-state index contributed by atoms with van der Waals surface area (Å²) in [5.41, 5.74) is 2.94. The number of ether oxygens (including phenoxy) is 1. The van der Waals surface area contributed by atoms with E-state index in [0.717, 1.165) is 29.1 Å². The topological polar surface area (TPSA) is 9.23 Å². The minimum Gasteiger partial charge on any atom is -0.382 e. The lowest BCUT2D eigenvalue weighted by Gasteiger charge is -2.51. The molecule has 0 aromatic heterocycles. The van der Waals surface area contributed by atoms with E-state index in [0.29, 0.717) is 5.73 Å². The van der Waals surface area contributed by atoms with Gasteiger partial charge in [-0.3, -0.25) is 0 Å². The van der Waals surface area contributed by atoms with E-state index in [9.17, 15) is 0 Å². The van der Waals surface area contributed by atoms with E-state index in [1.165, 1.54) is 57.8 Å². The van der Waals surface area contributed by atoms with Crippen LogP contribution in [0.1, 0.15) is 106 Å². The van der Waals surface area contributed by atoms with Crippen LogP contribution in [0.15, 0.2) is 0 Å². The minimum atomic E-state index is -1.56. The molecule has 0 N–H and O–H groups in total. The maximum absolute atomic E-state index is 6.66. The Bertz CT molecular complexity index is 292. The highest BCUT2D eigenvalue weighted by molar-refractivity contribution is 6.84. The summed E-state index contributed by atoms with van der Waals surface area (Å²) in [5, 5.41) is 0. The third-order valence-electron chi connectivity index (χ3n) is 6.92. The van der Waals surface area contributed by atoms with Gasteiger partial charge in [-0.2, -0.15) is 0 Å². The molecule has 0 amide bonds. The van der Waals surface area contributed by atoms with Gasteiger partial charge in [0.15, 0.2) is 0 Å². The fraction of sp³-hybridized carbons (Fsp3) is 1.00. The van der Waals surface area contributed by atoms with Crippen molar-refractivity contribution in [3.05, 3.63) is 0 Å². The predicted octanol–water partition coefficient (Wildman–Crippen LogP) is 7.75. The van der Waals surface area contributed by atoms with Crippen LogP contribution in [-0.4, -0.2) is 20.4 Å². The average Bonchev–Trinajstić information content (AvgIpc) is 2.51. The lowest BCUT2D eigenvalue weighted by Crippen LogP contribution is -2.59. The van der Waals surface area contributed by atoms with Crippen molar-refractivity contribution in [2.75, 3.05) is 6.61 Å². The molecular weight excluding hydrogens is 308 g/mol. The third-order valence-corrected chi connectivity index (χ3v) is 14.5. The van der Waals surface area contributed by atoms with Gasteiger partial charge >= 0.3 is 0 Å². The summed E-state index contributed by atoms with van der Waals surface area (Å²) in [6.45, 7) is 18.1. The van der Waals surface area contributed by atoms with Gasteiger partial charge in [0, 0.05) is 6.61 Å². The summed E-state index contributed by atoms with van der Waals surface area (Å²) in [7, 11) is -1.56. The zero-order valence-electron chi connectivity index (χ0n) is 17.9. The molecule has 0 bridgehead atoms. The molecule has 1 saturated carbocycles. The Kier molecular flexibility index (Phi) is 10.2. The molecule has 1 rings (SSSR count). The first-order chi connectivity index (χ1) is 11.4. The molecule has 1 aliphatic rings. The summed E-state index contributed by atoms with van der Waals surface area (Å²) >= 11 is 0. The van der Waals surface area contributed by atoms with Crippen molar-refractivity contribution in [2.45, 2.75) is 129 Å². The van der Waals surface area contributed by atoms with Crippen LogP contribution in [0.5, 0.6) is 0 Å². The second kappa shape index (κ2) is 11.0. The Morgan fingerprint density at radius 2 is 1.08 bits per heavy atom. The van der Waals surface area contributed by atoms with Gasteiger partial charge in [-0.05, 0) is 42.3 Å². The Morgan fingerprint density at radius 3 is 1.42 bits per heavy atom. The van der Waals surface area contributed by atoms with Gasteiger partial charge in [-0.1, -0.05) is 86.5 Å². The highest BCUT2D eigenvalue weighted by atomic mass is 28.3. The first-order valence-corrected chi connectivity index (χ1v) is 13.3. The summed E-state index contributed by atoms with van der Waals surface area (Å²) in [6.07, 6.45) is 12.9. The Hall–Kier alpha value is 0.177. The molecule has 0 saturated heterocycles. The molecule has 0 spiro atoms. The van der Waals surface area contributed by atoms with Crippen molar-refractivity contribution in [1.82, 2.24) is 0 Å². The predicted molar refractivity (Wildman–Crippen MR) is 112 cm³/mol. The van der Waals surface area contributed by atoms with Gasteiger partial charge in [0.1, 0.15) is 0 Å². The van der Waals surface area contributed by atoms with Gasteiger partial charge in [-0.15, -0.1) is 0 Å². The molecule has 1 aliphatic carbocycles. The van der Waals surface area contributed by atoms with Crippen LogP contribution in [0.25, 0.3) is 0 Å². The standard InChI is InChI=1S/C22H46OSi/c1-8-23-22(24(18(2)3,19(4)5)20(6)7)21-16-14-12-10-9-11-13-15-17-21/h18-22H,8-17H2,1-7H3. The van der Waals surface area contributed by atoms with Crippen LogP contribution in [0, 0.1) is 5.92 Å². The quantitative estimate of drug-likeness (QED) is 0.425. The van der Waals surface area contributed by atoms with Crippen molar-refractivity contribution >= 4 is 8.07 Å². The number of hydrogen-bond donors (Lipinski definition) is 0. The van der Waals surface area contributed by atoms with Crippen LogP contribution in [-0.2, 0) is 4.74 Å². The highest BCUT2D eigenvalue weighted by Gasteiger charge is 2.51. The van der Waals surface area contributed by atoms with Crippen LogP contribution in [0.2, 0.25) is 16.6 Å². The Morgan fingerprint density at radius 1 is 0.708 bits per heavy atom. The van der Waals surface area contributed by atoms with E-state index in [4.69, 9.17) is 4.74 Å². The first kappa shape index (κ1) is 22.2. The summed E-state index contributed by atoms with van der Waals surface area (Å²) in [5.74, 6) is 0.807. The van der Waals surface area contributed by atoms with Crippen molar-refractivity contribution in [1.29, 1.82) is 0 Å². The number of hydrogen-bond acceptors (Lipinski definition) is 1. The van der Waals surface area contributed by atoms with E-state index in [1.807, 2.05) is 0 Å². The van der Waals surface area contributed by atoms with Crippen molar-refractivity contribution in [2.24, 2.45) is 5.92 Å². The second-order valence-electron chi connectivity index (χ2n) is 9.15. The van der Waals surface area contributed by atoms with Crippen LogP contribution in [0.3, 0.4) is 0 Å². The molecular formula is C22H46OSi. The molecule has 1 unspecified atom stereocenters. The Balaban J connectivity index is 3.13. The SMILES string of the molecule is CCOC(C1CCCCCCCCC1)[Si](C(C)C)(C(C)C)C(C)C. The summed E-state index contributed by atoms with van der Waals surface area (Å²) in [6, 6.07) is 0. The van der Waals surface area contributed by atoms with E-state index >= 15 is 0 Å². The molecule has 24 heavy (non-hydrogen) atoms. The van der Waals surface area contributed by atoms with E-state index in [-0.39, 0.29) is 0 Å². The van der Waals surface area contributed by atoms with E-state index in [2.05, 4.69) is 48.5 Å². The fourth-order valence-electron chi connectivity index (χ4n) is 6.00. The maximum Gasteiger partial charge on any atom is 0.0955 e. The molecule has 1 atom stereocenters. The van der Waals surface area contributed by atoms with Gasteiger partial charge in [0.2, 0.25) is 0 Å². The first-order valence-electron chi connectivity index (χ1n) is 11.0. The zero-order chi connectivity index (χ0) is 18.2. The second-order valence-corrected chi connectivity index (χ2v) is 15.2. The smallest absolute Gasteiger partial charge is 0.0955 e. The third kappa shape index (κ3) is 5.33. The molecule has 0 radical (unpaired) electrons. The molecule has 0 aromatic rings. The maximum atomic E-state index is 6.66. The fourth-order valence-corrected chi connectivity index (χ4v) is 13.6. The van der Waals surface area contributed by atoms with Crippen molar-refractivity contribution in [3.8, 4) is 0 Å². The van der Waals surface area contributed by atoms with Gasteiger partial charge in [0.25, 0.3) is 0 Å². The van der Waals surface area contributed by atoms with E-state index in [1.54, 1.807) is 0 Å². The number of rotatable bonds is 7. The normalized spacial score (nSPS) is 20.8. The highest BCUT2D eigenvalue weighted by Crippen LogP contribution is 2.48. The molecule has 0 heterocycles. The molecule has 0 aromatic carbocycles. The lowest BCUT2D eigenvalue weighted by atomic mass is 9.92. The van der Waals surface area contributed by atoms with Crippen molar-refractivity contribution < 1.29 is 4.74 Å². The zero-order valence-corrected chi connectivity index (χ0v) is 18.9. The Labute approximate surface area is 154 Å². The van der Waals surface area contributed by atoms with Crippen molar-refractivity contribution in [3.63, 3.8) is 0 Å². The van der Waals surface area contributed by atoms with Crippen LogP contribution >= 0.6 is 0 Å². The van der Waals surface area contributed by atoms with Gasteiger partial charge in [0.05, 0.1) is 13.8 Å². The molecule has 2 heteroatoms. The average molecular weight is 355 g/mol. The monoisotopic (exact) mass is 354 g/mol. The van der Waals surface area contributed by atoms with E-state index < -0.39 is 8.07 Å². The van der Waals surface area contributed by atoms with Gasteiger partial charge in [-0.25, -0.2) is 0 Å². The molecule has 0 aliphatic heterocycles. The lowest BCUT2D eigenvalue weighted by molar-refractivity contribution is 0.0552.